The number of H-pyrrole nitrogens is 2. The molecule has 2 aromatic carbocycles. The third kappa shape index (κ3) is 2.58. The van der Waals surface area contributed by atoms with Crippen molar-refractivity contribution in [3.8, 4) is 11.3 Å². The molecule has 7 nitrogen and oxygen atoms in total. The molecule has 0 aliphatic rings. The number of fused-ring (bicyclic) bond motifs is 1. The molecule has 4 aromatic rings. The van der Waals surface area contributed by atoms with Gasteiger partial charge in [-0.25, -0.2) is 4.79 Å². The van der Waals surface area contributed by atoms with Gasteiger partial charge in [-0.3, -0.25) is 4.79 Å². The number of nitrogens with zero attached hydrogens (tertiary/aromatic N) is 1. The van der Waals surface area contributed by atoms with Crippen LogP contribution in [-0.2, 0) is 0 Å². The topological polar surface area (TPSA) is 104 Å². The van der Waals surface area contributed by atoms with Gasteiger partial charge in [-0.15, -0.1) is 0 Å². The van der Waals surface area contributed by atoms with E-state index in [1.807, 2.05) is 30.3 Å². The molecule has 7 heteroatoms. The lowest BCUT2D eigenvalue weighted by atomic mass is 10.1. The molecular weight excluding hydrogens is 308 g/mol. The van der Waals surface area contributed by atoms with Gasteiger partial charge in [0.05, 0.1) is 11.0 Å². The van der Waals surface area contributed by atoms with Crippen molar-refractivity contribution in [3.05, 3.63) is 70.8 Å². The number of aromatic nitrogens is 3. The van der Waals surface area contributed by atoms with E-state index in [4.69, 9.17) is 4.52 Å². The smallest absolute Gasteiger partial charge is 0.323 e. The summed E-state index contributed by atoms with van der Waals surface area (Å²) in [5.41, 5.74) is 2.98. The number of benzene rings is 2. The molecule has 4 rings (SSSR count). The summed E-state index contributed by atoms with van der Waals surface area (Å²) >= 11 is 0. The quantitative estimate of drug-likeness (QED) is 0.540. The Morgan fingerprint density at radius 3 is 2.62 bits per heavy atom. The van der Waals surface area contributed by atoms with Crippen LogP contribution in [0.1, 0.15) is 10.6 Å². The zero-order chi connectivity index (χ0) is 16.5. The van der Waals surface area contributed by atoms with Crippen LogP contribution in [0.5, 0.6) is 0 Å². The Balaban J connectivity index is 1.57. The average molecular weight is 320 g/mol. The lowest BCUT2D eigenvalue weighted by molar-refractivity contribution is 0.0988. The SMILES string of the molecule is O=C(Nc1ccc2[nH]c(=O)[nH]c2c1)c1cc(-c2ccccc2)no1. The summed E-state index contributed by atoms with van der Waals surface area (Å²) < 4.78 is 5.12. The van der Waals surface area contributed by atoms with E-state index in [1.54, 1.807) is 24.3 Å². The Morgan fingerprint density at radius 2 is 1.79 bits per heavy atom. The highest BCUT2D eigenvalue weighted by atomic mass is 16.5. The van der Waals surface area contributed by atoms with E-state index in [-0.39, 0.29) is 11.4 Å². The molecule has 0 unspecified atom stereocenters. The highest BCUT2D eigenvalue weighted by molar-refractivity contribution is 6.03. The van der Waals surface area contributed by atoms with Gasteiger partial charge in [0.1, 0.15) is 5.69 Å². The first kappa shape index (κ1) is 14.0. The first-order valence-corrected chi connectivity index (χ1v) is 7.24. The van der Waals surface area contributed by atoms with E-state index < -0.39 is 5.91 Å². The predicted molar refractivity (Wildman–Crippen MR) is 88.8 cm³/mol. The third-order valence-electron chi connectivity index (χ3n) is 3.58. The van der Waals surface area contributed by atoms with Crippen LogP contribution < -0.4 is 11.0 Å². The number of nitrogens with one attached hydrogen (secondary N) is 3. The summed E-state index contributed by atoms with van der Waals surface area (Å²) in [5.74, 6) is -0.307. The number of aromatic amines is 2. The van der Waals surface area contributed by atoms with Crippen molar-refractivity contribution >= 4 is 22.6 Å². The lowest BCUT2D eigenvalue weighted by Crippen LogP contribution is -2.10. The fourth-order valence-electron chi connectivity index (χ4n) is 2.43. The zero-order valence-corrected chi connectivity index (χ0v) is 12.4. The van der Waals surface area contributed by atoms with Crippen LogP contribution in [0.2, 0.25) is 0 Å². The Kier molecular flexibility index (Phi) is 3.24. The molecule has 24 heavy (non-hydrogen) atoms. The van der Waals surface area contributed by atoms with Crippen LogP contribution in [0.15, 0.2) is 63.9 Å². The van der Waals surface area contributed by atoms with E-state index >= 15 is 0 Å². The summed E-state index contributed by atoms with van der Waals surface area (Å²) in [5, 5.41) is 6.63. The fourth-order valence-corrected chi connectivity index (χ4v) is 2.43. The van der Waals surface area contributed by atoms with Crippen molar-refractivity contribution in [1.82, 2.24) is 15.1 Å². The first-order valence-electron chi connectivity index (χ1n) is 7.24. The van der Waals surface area contributed by atoms with Gasteiger partial charge >= 0.3 is 5.69 Å². The van der Waals surface area contributed by atoms with E-state index in [2.05, 4.69) is 20.4 Å². The van der Waals surface area contributed by atoms with Crippen LogP contribution in [-0.4, -0.2) is 21.0 Å². The van der Waals surface area contributed by atoms with Gasteiger partial charge in [0.2, 0.25) is 5.76 Å². The molecule has 118 valence electrons. The molecule has 2 aromatic heterocycles. The van der Waals surface area contributed by atoms with E-state index in [1.165, 1.54) is 0 Å². The van der Waals surface area contributed by atoms with Crippen molar-refractivity contribution in [2.24, 2.45) is 0 Å². The second-order valence-corrected chi connectivity index (χ2v) is 5.24. The number of imidazole rings is 1. The molecule has 0 bridgehead atoms. The standard InChI is InChI=1S/C17H12N4O3/c22-16(15-9-13(21-24-15)10-4-2-1-3-5-10)18-11-6-7-12-14(8-11)20-17(23)19-12/h1-9H,(H,18,22)(H2,19,20,23). The molecule has 0 spiro atoms. The van der Waals surface area contributed by atoms with Crippen molar-refractivity contribution in [1.29, 1.82) is 0 Å². The Bertz CT molecular complexity index is 1080. The molecular formula is C17H12N4O3. The van der Waals surface area contributed by atoms with Crippen molar-refractivity contribution in [2.75, 3.05) is 5.32 Å². The molecule has 0 saturated carbocycles. The van der Waals surface area contributed by atoms with E-state index in [0.717, 1.165) is 5.56 Å². The van der Waals surface area contributed by atoms with Crippen molar-refractivity contribution < 1.29 is 9.32 Å². The number of amides is 1. The molecule has 0 aliphatic heterocycles. The molecule has 2 heterocycles. The second-order valence-electron chi connectivity index (χ2n) is 5.24. The minimum absolute atomic E-state index is 0.108. The summed E-state index contributed by atoms with van der Waals surface area (Å²) in [6.07, 6.45) is 0. The number of hydrogen-bond acceptors (Lipinski definition) is 4. The van der Waals surface area contributed by atoms with Gasteiger partial charge in [-0.2, -0.15) is 0 Å². The van der Waals surface area contributed by atoms with Crippen LogP contribution >= 0.6 is 0 Å². The molecule has 0 atom stereocenters. The van der Waals surface area contributed by atoms with Gasteiger partial charge in [-0.05, 0) is 18.2 Å². The lowest BCUT2D eigenvalue weighted by Gasteiger charge is -2.02. The number of carbonyl (C=O) groups is 1. The summed E-state index contributed by atoms with van der Waals surface area (Å²) in [4.78, 5) is 28.8. The molecule has 0 aliphatic carbocycles. The van der Waals surface area contributed by atoms with Gasteiger partial charge in [0, 0.05) is 17.3 Å². The van der Waals surface area contributed by atoms with Crippen LogP contribution in [0.3, 0.4) is 0 Å². The van der Waals surface area contributed by atoms with Crippen LogP contribution in [0, 0.1) is 0 Å². The largest absolute Gasteiger partial charge is 0.350 e. The monoisotopic (exact) mass is 320 g/mol. The average Bonchev–Trinajstić information content (AvgIpc) is 3.21. The van der Waals surface area contributed by atoms with Gasteiger partial charge < -0.3 is 19.8 Å². The van der Waals surface area contributed by atoms with E-state index in [0.29, 0.717) is 22.4 Å². The maximum atomic E-state index is 12.3. The predicted octanol–water partition coefficient (Wildman–Crippen LogP) is 2.76. The van der Waals surface area contributed by atoms with Crippen LogP contribution in [0.25, 0.3) is 22.3 Å². The minimum atomic E-state index is -0.415. The Morgan fingerprint density at radius 1 is 1.00 bits per heavy atom. The van der Waals surface area contributed by atoms with Gasteiger partial charge in [-0.1, -0.05) is 35.5 Å². The number of anilines is 1. The number of rotatable bonds is 3. The molecule has 0 radical (unpaired) electrons. The molecule has 0 fully saturated rings. The minimum Gasteiger partial charge on any atom is -0.350 e. The summed E-state index contributed by atoms with van der Waals surface area (Å²) in [6.45, 7) is 0. The van der Waals surface area contributed by atoms with Crippen LogP contribution in [0.4, 0.5) is 5.69 Å². The highest BCUT2D eigenvalue weighted by Gasteiger charge is 2.14. The fraction of sp³-hybridized carbons (Fsp3) is 0. The van der Waals surface area contributed by atoms with Crippen molar-refractivity contribution in [3.63, 3.8) is 0 Å². The van der Waals surface area contributed by atoms with Crippen molar-refractivity contribution in [2.45, 2.75) is 0 Å². The molecule has 1 amide bonds. The summed E-state index contributed by atoms with van der Waals surface area (Å²) in [7, 11) is 0. The Labute approximate surface area is 135 Å². The molecule has 0 saturated heterocycles. The zero-order valence-electron chi connectivity index (χ0n) is 12.4. The Hall–Kier alpha value is -3.61. The van der Waals surface area contributed by atoms with Gasteiger partial charge in [0.15, 0.2) is 0 Å². The summed E-state index contributed by atoms with van der Waals surface area (Å²) in [6, 6.07) is 16.1. The maximum absolute atomic E-state index is 12.3. The second kappa shape index (κ2) is 5.54. The number of carbonyl (C=O) groups excluding carboxylic acids is 1. The highest BCUT2D eigenvalue weighted by Crippen LogP contribution is 2.20. The van der Waals surface area contributed by atoms with Gasteiger partial charge in [0.25, 0.3) is 5.91 Å². The number of hydrogen-bond donors (Lipinski definition) is 3. The molecule has 3 N–H and O–H groups in total. The normalized spacial score (nSPS) is 10.8. The van der Waals surface area contributed by atoms with E-state index in [9.17, 15) is 9.59 Å². The third-order valence-corrected chi connectivity index (χ3v) is 3.58. The maximum Gasteiger partial charge on any atom is 0.323 e. The first-order chi connectivity index (χ1) is 11.7.